The highest BCUT2D eigenvalue weighted by Crippen LogP contribution is 2.35. The Labute approximate surface area is 297 Å². The zero-order valence-corrected chi connectivity index (χ0v) is 29.7. The summed E-state index contributed by atoms with van der Waals surface area (Å²) in [5, 5.41) is 11.3. The quantitative estimate of drug-likeness (QED) is 0.0733. The molecule has 260 valence electrons. The molecule has 0 N–H and O–H groups in total. The molecule has 0 fully saturated rings. The van der Waals surface area contributed by atoms with Crippen LogP contribution in [0.3, 0.4) is 0 Å². The largest absolute Gasteiger partial charge is 0.463 e. The number of hydrogen-bond acceptors (Lipinski definition) is 10. The van der Waals surface area contributed by atoms with Crippen molar-refractivity contribution in [1.82, 2.24) is 4.57 Å². The number of hydrogen-bond donors (Lipinski definition) is 0. The Bertz CT molecular complexity index is 2470. The number of nitro benzene ring substituents is 1. The van der Waals surface area contributed by atoms with Crippen LogP contribution in [0.25, 0.3) is 11.8 Å². The number of nitro groups is 1. The number of aromatic nitrogens is 1. The third kappa shape index (κ3) is 7.16. The van der Waals surface area contributed by atoms with Crippen LogP contribution in [-0.2, 0) is 19.6 Å². The van der Waals surface area contributed by atoms with Gasteiger partial charge in [-0.15, -0.1) is 0 Å². The second-order valence-corrected chi connectivity index (χ2v) is 14.6. The maximum absolute atomic E-state index is 14.2. The van der Waals surface area contributed by atoms with Crippen LogP contribution in [0.5, 0.6) is 5.75 Å². The molecule has 0 spiro atoms. The minimum Gasteiger partial charge on any atom is -0.463 e. The Kier molecular flexibility index (Phi) is 9.86. The first-order valence-electron chi connectivity index (χ1n) is 16.1. The Hall–Kier alpha value is -5.66. The zero-order valence-electron chi connectivity index (χ0n) is 28.1. The van der Waals surface area contributed by atoms with E-state index in [4.69, 9.17) is 13.9 Å². The molecule has 51 heavy (non-hydrogen) atoms. The van der Waals surface area contributed by atoms with Crippen molar-refractivity contribution in [2.45, 2.75) is 44.6 Å². The summed E-state index contributed by atoms with van der Waals surface area (Å²) in [4.78, 5) is 43.5. The Morgan fingerprint density at radius 3 is 2.33 bits per heavy atom. The summed E-state index contributed by atoms with van der Waals surface area (Å²) in [6.07, 6.45) is 1.65. The first kappa shape index (κ1) is 35.2. The van der Waals surface area contributed by atoms with E-state index in [0.717, 1.165) is 28.5 Å². The fourth-order valence-corrected chi connectivity index (χ4v) is 7.66. The summed E-state index contributed by atoms with van der Waals surface area (Å²) < 4.78 is 38.5. The molecule has 1 aliphatic rings. The molecule has 2 heterocycles. The highest BCUT2D eigenvalue weighted by atomic mass is 32.2. The Morgan fingerprint density at radius 2 is 1.71 bits per heavy atom. The molecule has 13 heteroatoms. The summed E-state index contributed by atoms with van der Waals surface area (Å²) >= 11 is 1.16. The van der Waals surface area contributed by atoms with Crippen LogP contribution < -0.4 is 19.1 Å². The van der Waals surface area contributed by atoms with Crippen molar-refractivity contribution in [2.75, 3.05) is 6.61 Å². The van der Waals surface area contributed by atoms with Crippen LogP contribution in [-0.4, -0.2) is 30.5 Å². The van der Waals surface area contributed by atoms with E-state index in [9.17, 15) is 28.1 Å². The maximum atomic E-state index is 14.2. The van der Waals surface area contributed by atoms with Gasteiger partial charge in [0.25, 0.3) is 11.2 Å². The minimum absolute atomic E-state index is 0.0201. The van der Waals surface area contributed by atoms with Crippen LogP contribution in [0.2, 0.25) is 0 Å². The van der Waals surface area contributed by atoms with Gasteiger partial charge in [0.15, 0.2) is 4.80 Å². The van der Waals surface area contributed by atoms with Gasteiger partial charge >= 0.3 is 16.1 Å². The number of carbonyl (C=O) groups is 1. The third-order valence-corrected chi connectivity index (χ3v) is 10.6. The molecule has 5 aromatic rings. The van der Waals surface area contributed by atoms with E-state index < -0.39 is 27.1 Å². The molecular weight excluding hydrogens is 691 g/mol. The summed E-state index contributed by atoms with van der Waals surface area (Å²) in [7, 11) is -4.37. The van der Waals surface area contributed by atoms with Crippen LogP contribution in [0.4, 0.5) is 5.69 Å². The van der Waals surface area contributed by atoms with Crippen molar-refractivity contribution in [3.8, 4) is 5.75 Å². The Balaban J connectivity index is 1.42. The molecular formula is C38H33N3O8S2. The van der Waals surface area contributed by atoms with E-state index in [1.54, 1.807) is 25.1 Å². The van der Waals surface area contributed by atoms with Crippen molar-refractivity contribution in [3.05, 3.63) is 160 Å². The highest BCUT2D eigenvalue weighted by Gasteiger charge is 2.35. The fraction of sp³-hybridized carbons (Fsp3) is 0.184. The van der Waals surface area contributed by atoms with Crippen LogP contribution >= 0.6 is 11.3 Å². The normalized spacial score (nSPS) is 14.6. The van der Waals surface area contributed by atoms with E-state index >= 15 is 0 Å². The fourth-order valence-electron chi connectivity index (χ4n) is 5.71. The summed E-state index contributed by atoms with van der Waals surface area (Å²) in [6, 6.07) is 25.9. The van der Waals surface area contributed by atoms with Crippen molar-refractivity contribution in [3.63, 3.8) is 0 Å². The van der Waals surface area contributed by atoms with Crippen LogP contribution in [0, 0.1) is 17.0 Å². The molecule has 0 radical (unpaired) electrons. The zero-order chi connectivity index (χ0) is 36.4. The van der Waals surface area contributed by atoms with Crippen molar-refractivity contribution in [2.24, 2.45) is 4.99 Å². The predicted molar refractivity (Wildman–Crippen MR) is 194 cm³/mol. The number of benzene rings is 4. The molecule has 1 aliphatic heterocycles. The van der Waals surface area contributed by atoms with Gasteiger partial charge in [-0.2, -0.15) is 8.42 Å². The van der Waals surface area contributed by atoms with E-state index in [0.29, 0.717) is 31.7 Å². The van der Waals surface area contributed by atoms with Crippen molar-refractivity contribution >= 4 is 44.9 Å². The van der Waals surface area contributed by atoms with Gasteiger partial charge in [-0.3, -0.25) is 19.5 Å². The number of fused-ring (bicyclic) bond motifs is 1. The SMILES string of the molecule is CCOC(=O)C1=C(c2ccccc2)N=c2s/c(=C\c3ccc(OS(=O)(=O)c4ccc(C)c([N+](=O)[O-])c4)cc3)c(=O)n2[C@H]1c1ccc(C(C)C)cc1. The molecule has 0 aliphatic carbocycles. The lowest BCUT2D eigenvalue weighted by molar-refractivity contribution is -0.385. The van der Waals surface area contributed by atoms with Gasteiger partial charge in [-0.25, -0.2) is 9.79 Å². The van der Waals surface area contributed by atoms with Crippen molar-refractivity contribution < 1.29 is 27.1 Å². The summed E-state index contributed by atoms with van der Waals surface area (Å²) in [6.45, 7) is 7.55. The summed E-state index contributed by atoms with van der Waals surface area (Å²) in [5.74, 6) is -0.312. The molecule has 0 unspecified atom stereocenters. The second-order valence-electron chi connectivity index (χ2n) is 12.1. The average Bonchev–Trinajstić information content (AvgIpc) is 3.42. The average molecular weight is 724 g/mol. The number of esters is 1. The molecule has 0 amide bonds. The summed E-state index contributed by atoms with van der Waals surface area (Å²) in [5.41, 5.74) is 3.39. The van der Waals surface area contributed by atoms with Gasteiger partial charge in [-0.05, 0) is 60.7 Å². The second kappa shape index (κ2) is 14.3. The monoisotopic (exact) mass is 723 g/mol. The lowest BCUT2D eigenvalue weighted by atomic mass is 9.91. The number of aryl methyl sites for hydroxylation is 1. The van der Waals surface area contributed by atoms with Gasteiger partial charge < -0.3 is 8.92 Å². The van der Waals surface area contributed by atoms with Gasteiger partial charge in [0.05, 0.1) is 33.4 Å². The van der Waals surface area contributed by atoms with Gasteiger partial charge in [0, 0.05) is 17.2 Å². The number of nitrogens with zero attached hydrogens (tertiary/aromatic N) is 3. The molecule has 4 aromatic carbocycles. The van der Waals surface area contributed by atoms with Crippen molar-refractivity contribution in [1.29, 1.82) is 0 Å². The van der Waals surface area contributed by atoms with E-state index in [1.807, 2.05) is 54.6 Å². The van der Waals surface area contributed by atoms with E-state index in [-0.39, 0.29) is 40.0 Å². The Morgan fingerprint density at radius 1 is 1.02 bits per heavy atom. The molecule has 6 rings (SSSR count). The maximum Gasteiger partial charge on any atom is 0.339 e. The first-order valence-corrected chi connectivity index (χ1v) is 18.3. The highest BCUT2D eigenvalue weighted by molar-refractivity contribution is 7.87. The first-order chi connectivity index (χ1) is 24.4. The van der Waals surface area contributed by atoms with E-state index in [1.165, 1.54) is 35.8 Å². The lowest BCUT2D eigenvalue weighted by Gasteiger charge is -2.26. The van der Waals surface area contributed by atoms with Crippen LogP contribution in [0.15, 0.2) is 117 Å². The predicted octanol–water partition coefficient (Wildman–Crippen LogP) is 6.04. The van der Waals surface area contributed by atoms with Gasteiger partial charge in [0.1, 0.15) is 10.6 Å². The van der Waals surface area contributed by atoms with Gasteiger partial charge in [-0.1, -0.05) is 98.0 Å². The topological polar surface area (TPSA) is 147 Å². The minimum atomic E-state index is -4.37. The molecule has 11 nitrogen and oxygen atoms in total. The number of thiazole rings is 1. The molecule has 0 saturated heterocycles. The molecule has 1 atom stereocenters. The molecule has 1 aromatic heterocycles. The standard InChI is InChI=1S/C38H33N3O8S2/c1-5-48-37(43)33-34(27-9-7-6-8-10-27)39-38-40(35(33)28-16-14-26(15-17-28)23(2)3)36(42)32(50-38)21-25-12-18-29(19-13-25)49-51(46,47)30-20-11-24(4)31(22-30)41(44)45/h6-23,35H,5H2,1-4H3/b32-21-/t35-/m0/s1. The van der Waals surface area contributed by atoms with Gasteiger partial charge in [0.2, 0.25) is 0 Å². The van der Waals surface area contributed by atoms with E-state index in [2.05, 4.69) is 13.8 Å². The molecule has 0 bridgehead atoms. The number of rotatable bonds is 10. The lowest BCUT2D eigenvalue weighted by Crippen LogP contribution is -2.40. The van der Waals surface area contributed by atoms with Crippen LogP contribution in [0.1, 0.15) is 60.5 Å². The molecule has 0 saturated carbocycles. The number of carbonyl (C=O) groups excluding carboxylic acids is 1. The third-order valence-electron chi connectivity index (χ3n) is 8.34. The number of ether oxygens (including phenoxy) is 1. The smallest absolute Gasteiger partial charge is 0.339 e.